The molecule has 7 nitrogen and oxygen atoms in total. The summed E-state index contributed by atoms with van der Waals surface area (Å²) in [5.41, 5.74) is 0.817. The van der Waals surface area contributed by atoms with Crippen LogP contribution in [0.2, 0.25) is 0 Å². The molecule has 34 heavy (non-hydrogen) atoms. The highest BCUT2D eigenvalue weighted by Gasteiger charge is 2.37. The van der Waals surface area contributed by atoms with Crippen molar-refractivity contribution in [1.29, 1.82) is 0 Å². The van der Waals surface area contributed by atoms with Crippen LogP contribution >= 0.6 is 0 Å². The zero-order chi connectivity index (χ0) is 23.8. The molecule has 0 unspecified atom stereocenters. The first-order valence-corrected chi connectivity index (χ1v) is 13.5. The average Bonchev–Trinajstić information content (AvgIpc) is 3.38. The minimum Gasteiger partial charge on any atom is -0.355 e. The second-order valence-electron chi connectivity index (χ2n) is 10.3. The van der Waals surface area contributed by atoms with E-state index in [9.17, 15) is 9.59 Å². The molecule has 3 aliphatic rings. The third-order valence-corrected chi connectivity index (χ3v) is 8.00. The first kappa shape index (κ1) is 25.0. The molecule has 0 radical (unpaired) electrons. The molecule has 2 aliphatic heterocycles. The maximum Gasteiger partial charge on any atom is 0.321 e. The van der Waals surface area contributed by atoms with Crippen LogP contribution in [-0.2, 0) is 4.79 Å². The molecule has 2 N–H and O–H groups in total. The second-order valence-corrected chi connectivity index (χ2v) is 10.3. The highest BCUT2D eigenvalue weighted by molar-refractivity contribution is 5.89. The summed E-state index contributed by atoms with van der Waals surface area (Å²) in [5.74, 6) is 0.632. The molecule has 4 rings (SSSR count). The highest BCUT2D eigenvalue weighted by atomic mass is 16.2. The molecule has 3 amide bonds. The number of nitrogens with zero attached hydrogens (tertiary/aromatic N) is 3. The van der Waals surface area contributed by atoms with Gasteiger partial charge >= 0.3 is 6.03 Å². The van der Waals surface area contributed by atoms with E-state index in [1.807, 2.05) is 35.2 Å². The second kappa shape index (κ2) is 12.5. The normalized spacial score (nSPS) is 23.6. The number of benzene rings is 1. The van der Waals surface area contributed by atoms with E-state index >= 15 is 0 Å². The van der Waals surface area contributed by atoms with Gasteiger partial charge in [-0.05, 0) is 63.6 Å². The number of hydrogen-bond donors (Lipinski definition) is 2. The van der Waals surface area contributed by atoms with Gasteiger partial charge in [0.25, 0.3) is 0 Å². The van der Waals surface area contributed by atoms with Gasteiger partial charge in [-0.1, -0.05) is 37.5 Å². The van der Waals surface area contributed by atoms with E-state index in [4.69, 9.17) is 0 Å². The van der Waals surface area contributed by atoms with Crippen molar-refractivity contribution in [2.75, 3.05) is 51.1 Å². The van der Waals surface area contributed by atoms with Crippen molar-refractivity contribution in [2.45, 2.75) is 70.4 Å². The number of carbonyl (C=O) groups is 2. The van der Waals surface area contributed by atoms with Gasteiger partial charge in [0.1, 0.15) is 0 Å². The highest BCUT2D eigenvalue weighted by Crippen LogP contribution is 2.31. The lowest BCUT2D eigenvalue weighted by atomic mass is 9.95. The van der Waals surface area contributed by atoms with Crippen molar-refractivity contribution in [3.8, 4) is 0 Å². The number of piperidine rings is 1. The molecule has 1 aliphatic carbocycles. The Balaban J connectivity index is 1.25. The maximum absolute atomic E-state index is 13.3. The van der Waals surface area contributed by atoms with Gasteiger partial charge in [0, 0.05) is 51.0 Å². The molecule has 0 aromatic heterocycles. The Morgan fingerprint density at radius 1 is 0.941 bits per heavy atom. The fourth-order valence-electron chi connectivity index (χ4n) is 5.97. The van der Waals surface area contributed by atoms with E-state index in [1.54, 1.807) is 0 Å². The van der Waals surface area contributed by atoms with Crippen molar-refractivity contribution in [3.05, 3.63) is 30.3 Å². The van der Waals surface area contributed by atoms with Gasteiger partial charge < -0.3 is 20.4 Å². The summed E-state index contributed by atoms with van der Waals surface area (Å²) >= 11 is 0. The van der Waals surface area contributed by atoms with Crippen LogP contribution in [0.5, 0.6) is 0 Å². The Morgan fingerprint density at radius 3 is 2.35 bits per heavy atom. The summed E-state index contributed by atoms with van der Waals surface area (Å²) < 4.78 is 0. The average molecular weight is 470 g/mol. The molecule has 7 heteroatoms. The minimum atomic E-state index is -0.0595. The molecule has 188 valence electrons. The summed E-state index contributed by atoms with van der Waals surface area (Å²) in [6.07, 6.45) is 9.68. The predicted molar refractivity (Wildman–Crippen MR) is 137 cm³/mol. The molecule has 3 fully saturated rings. The molecule has 1 saturated carbocycles. The summed E-state index contributed by atoms with van der Waals surface area (Å²) in [4.78, 5) is 32.8. The molecule has 2 atom stereocenters. The monoisotopic (exact) mass is 469 g/mol. The summed E-state index contributed by atoms with van der Waals surface area (Å²) in [5, 5.41) is 6.26. The van der Waals surface area contributed by atoms with Crippen molar-refractivity contribution in [1.82, 2.24) is 20.0 Å². The molecule has 2 saturated heterocycles. The van der Waals surface area contributed by atoms with Gasteiger partial charge in [0.05, 0.1) is 6.04 Å². The van der Waals surface area contributed by atoms with E-state index in [0.29, 0.717) is 25.0 Å². The fourth-order valence-corrected chi connectivity index (χ4v) is 5.97. The first-order chi connectivity index (χ1) is 16.6. The predicted octanol–water partition coefficient (Wildman–Crippen LogP) is 3.78. The van der Waals surface area contributed by atoms with Crippen LogP contribution in [0.15, 0.2) is 30.3 Å². The van der Waals surface area contributed by atoms with Crippen molar-refractivity contribution < 1.29 is 9.59 Å². The van der Waals surface area contributed by atoms with Crippen molar-refractivity contribution in [2.24, 2.45) is 5.92 Å². The topological polar surface area (TPSA) is 67.9 Å². The minimum absolute atomic E-state index is 0.0559. The van der Waals surface area contributed by atoms with Crippen LogP contribution in [0.4, 0.5) is 10.5 Å². The quantitative estimate of drug-likeness (QED) is 0.569. The number of urea groups is 1. The third kappa shape index (κ3) is 6.72. The van der Waals surface area contributed by atoms with Crippen LogP contribution in [0.25, 0.3) is 0 Å². The van der Waals surface area contributed by atoms with E-state index in [0.717, 1.165) is 51.1 Å². The molecular weight excluding hydrogens is 426 g/mol. The number of anilines is 1. The SMILES string of the molecule is C[C@@H]1CCCCN1CCCNC(=O)[C@H](C1CCCC1)N1CCN(C(=O)Nc2ccccc2)CC1. The lowest BCUT2D eigenvalue weighted by Gasteiger charge is -2.40. The fraction of sp³-hybridized carbons (Fsp3) is 0.704. The lowest BCUT2D eigenvalue weighted by molar-refractivity contribution is -0.129. The molecule has 1 aromatic carbocycles. The number of likely N-dealkylation sites (tertiary alicyclic amines) is 1. The lowest BCUT2D eigenvalue weighted by Crippen LogP contribution is -2.58. The van der Waals surface area contributed by atoms with Crippen LogP contribution in [0.3, 0.4) is 0 Å². The van der Waals surface area contributed by atoms with Gasteiger partial charge in [-0.2, -0.15) is 0 Å². The standard InChI is InChI=1S/C27H43N5O2/c1-22-10-7-8-16-30(22)17-9-15-28-26(33)25(23-11-5-6-12-23)31-18-20-32(21-19-31)27(34)29-24-13-3-2-4-14-24/h2-4,13-14,22-23,25H,5-12,15-21H2,1H3,(H,28,33)(H,29,34)/t22-,25+/m1/s1. The number of nitrogens with one attached hydrogen (secondary N) is 2. The molecular formula is C27H43N5O2. The number of hydrogen-bond acceptors (Lipinski definition) is 4. The van der Waals surface area contributed by atoms with E-state index in [1.165, 1.54) is 38.6 Å². The summed E-state index contributed by atoms with van der Waals surface area (Å²) in [7, 11) is 0. The number of carbonyl (C=O) groups excluding carboxylic acids is 2. The maximum atomic E-state index is 13.3. The zero-order valence-electron chi connectivity index (χ0n) is 20.9. The number of amides is 3. The van der Waals surface area contributed by atoms with Gasteiger partial charge in [-0.15, -0.1) is 0 Å². The zero-order valence-corrected chi connectivity index (χ0v) is 20.9. The van der Waals surface area contributed by atoms with Crippen LogP contribution < -0.4 is 10.6 Å². The number of rotatable bonds is 8. The van der Waals surface area contributed by atoms with E-state index in [2.05, 4.69) is 27.4 Å². The summed E-state index contributed by atoms with van der Waals surface area (Å²) in [6, 6.07) is 10.1. The van der Waals surface area contributed by atoms with Crippen molar-refractivity contribution in [3.63, 3.8) is 0 Å². The first-order valence-electron chi connectivity index (χ1n) is 13.5. The smallest absolute Gasteiger partial charge is 0.321 e. The third-order valence-electron chi connectivity index (χ3n) is 8.00. The van der Waals surface area contributed by atoms with Crippen molar-refractivity contribution >= 4 is 17.6 Å². The Morgan fingerprint density at radius 2 is 1.65 bits per heavy atom. The number of para-hydroxylation sites is 1. The molecule has 0 bridgehead atoms. The Labute approximate surface area is 205 Å². The Kier molecular flexibility index (Phi) is 9.22. The van der Waals surface area contributed by atoms with Crippen LogP contribution in [0, 0.1) is 5.92 Å². The Bertz CT molecular complexity index is 774. The van der Waals surface area contributed by atoms with Crippen LogP contribution in [0.1, 0.15) is 58.3 Å². The largest absolute Gasteiger partial charge is 0.355 e. The van der Waals surface area contributed by atoms with Crippen LogP contribution in [-0.4, -0.2) is 84.5 Å². The van der Waals surface area contributed by atoms with Gasteiger partial charge in [0.2, 0.25) is 5.91 Å². The van der Waals surface area contributed by atoms with E-state index < -0.39 is 0 Å². The number of piperazine rings is 1. The van der Waals surface area contributed by atoms with Gasteiger partial charge in [-0.25, -0.2) is 4.79 Å². The molecule has 0 spiro atoms. The van der Waals surface area contributed by atoms with Gasteiger partial charge in [-0.3, -0.25) is 9.69 Å². The Hall–Kier alpha value is -2.12. The molecule has 2 heterocycles. The summed E-state index contributed by atoms with van der Waals surface area (Å²) in [6.45, 7) is 8.17. The van der Waals surface area contributed by atoms with Gasteiger partial charge in [0.15, 0.2) is 0 Å². The van der Waals surface area contributed by atoms with E-state index in [-0.39, 0.29) is 18.0 Å². The molecule has 1 aromatic rings.